The van der Waals surface area contributed by atoms with Crippen LogP contribution in [0.5, 0.6) is 0 Å². The van der Waals surface area contributed by atoms with E-state index in [9.17, 15) is 4.79 Å². The van der Waals surface area contributed by atoms with E-state index in [2.05, 4.69) is 19.2 Å². The topological polar surface area (TPSA) is 55.1 Å². The molecule has 3 N–H and O–H groups in total. The fourth-order valence-corrected chi connectivity index (χ4v) is 4.39. The van der Waals surface area contributed by atoms with Crippen LogP contribution in [0.1, 0.15) is 129 Å². The minimum atomic E-state index is 0.159. The first-order valence-corrected chi connectivity index (χ1v) is 12.2. The number of nitrogens with two attached hydrogens (primary N) is 1. The first-order chi connectivity index (χ1) is 13.2. The van der Waals surface area contributed by atoms with E-state index in [-0.39, 0.29) is 18.0 Å². The average molecular weight is 381 g/mol. The molecule has 0 aliphatic heterocycles. The maximum absolute atomic E-state index is 12.9. The molecule has 1 fully saturated rings. The number of carbonyl (C=O) groups excluding carboxylic acids is 1. The highest BCUT2D eigenvalue weighted by Crippen LogP contribution is 2.22. The molecule has 0 bridgehead atoms. The van der Waals surface area contributed by atoms with Crippen molar-refractivity contribution in [1.82, 2.24) is 5.32 Å². The molecule has 3 nitrogen and oxygen atoms in total. The van der Waals surface area contributed by atoms with E-state index in [0.717, 1.165) is 25.7 Å². The summed E-state index contributed by atoms with van der Waals surface area (Å²) < 4.78 is 0. The second-order valence-corrected chi connectivity index (χ2v) is 8.87. The molecule has 0 spiro atoms. The number of rotatable bonds is 16. The van der Waals surface area contributed by atoms with E-state index >= 15 is 0 Å². The lowest BCUT2D eigenvalue weighted by atomic mass is 9.89. The fraction of sp³-hybridized carbons (Fsp3) is 0.958. The second kappa shape index (κ2) is 16.4. The molecule has 0 saturated heterocycles. The first kappa shape index (κ1) is 24.5. The molecule has 0 heterocycles. The Morgan fingerprint density at radius 3 is 1.81 bits per heavy atom. The Kier molecular flexibility index (Phi) is 14.9. The van der Waals surface area contributed by atoms with Crippen LogP contribution in [0.25, 0.3) is 0 Å². The zero-order valence-electron chi connectivity index (χ0n) is 18.4. The molecule has 0 aromatic heterocycles. The molecule has 3 atom stereocenters. The van der Waals surface area contributed by atoms with Crippen molar-refractivity contribution in [2.75, 3.05) is 0 Å². The van der Waals surface area contributed by atoms with Crippen LogP contribution in [0, 0.1) is 5.92 Å². The Balaban J connectivity index is 2.34. The van der Waals surface area contributed by atoms with Gasteiger partial charge in [-0.15, -0.1) is 0 Å². The molecule has 1 aliphatic carbocycles. The minimum absolute atomic E-state index is 0.159. The lowest BCUT2D eigenvalue weighted by Crippen LogP contribution is -2.50. The van der Waals surface area contributed by atoms with Gasteiger partial charge in [0.1, 0.15) is 0 Å². The monoisotopic (exact) mass is 380 g/mol. The van der Waals surface area contributed by atoms with Gasteiger partial charge in [-0.2, -0.15) is 0 Å². The SMILES string of the molecule is CCCCCCCCCC(CCCCCCC)C(=O)N[C@@H]1CCCC[C@H]1N. The third kappa shape index (κ3) is 11.8. The van der Waals surface area contributed by atoms with E-state index in [0.29, 0.717) is 5.91 Å². The molecule has 1 rings (SSSR count). The van der Waals surface area contributed by atoms with E-state index < -0.39 is 0 Å². The Hall–Kier alpha value is -0.570. The van der Waals surface area contributed by atoms with Crippen molar-refractivity contribution in [2.24, 2.45) is 11.7 Å². The van der Waals surface area contributed by atoms with Crippen LogP contribution in [0.2, 0.25) is 0 Å². The van der Waals surface area contributed by atoms with Crippen molar-refractivity contribution in [2.45, 2.75) is 142 Å². The quantitative estimate of drug-likeness (QED) is 0.301. The summed E-state index contributed by atoms with van der Waals surface area (Å²) in [6, 6.07) is 0.370. The Morgan fingerprint density at radius 1 is 0.815 bits per heavy atom. The standard InChI is InChI=1S/C24H48N2O/c1-3-5-7-9-10-12-14-18-21(17-13-11-8-6-4-2)24(27)26-23-20-16-15-19-22(23)25/h21-23H,3-20,25H2,1-2H3,(H,26,27)/t21?,22-,23-/m1/s1. The molecule has 0 aromatic carbocycles. The van der Waals surface area contributed by atoms with E-state index in [4.69, 9.17) is 5.73 Å². The maximum Gasteiger partial charge on any atom is 0.223 e. The summed E-state index contributed by atoms with van der Waals surface area (Å²) >= 11 is 0. The number of hydrogen-bond acceptors (Lipinski definition) is 2. The number of nitrogens with one attached hydrogen (secondary N) is 1. The predicted molar refractivity (Wildman–Crippen MR) is 118 cm³/mol. The third-order valence-electron chi connectivity index (χ3n) is 6.33. The van der Waals surface area contributed by atoms with Crippen molar-refractivity contribution in [1.29, 1.82) is 0 Å². The van der Waals surface area contributed by atoms with Gasteiger partial charge in [-0.3, -0.25) is 4.79 Å². The van der Waals surface area contributed by atoms with Crippen LogP contribution >= 0.6 is 0 Å². The number of hydrogen-bond donors (Lipinski definition) is 2. The van der Waals surface area contributed by atoms with Crippen LogP contribution in [0.15, 0.2) is 0 Å². The number of unbranched alkanes of at least 4 members (excludes halogenated alkanes) is 10. The van der Waals surface area contributed by atoms with Gasteiger partial charge in [0, 0.05) is 18.0 Å². The predicted octanol–water partition coefficient (Wildman–Crippen LogP) is 6.49. The summed E-state index contributed by atoms with van der Waals surface area (Å²) in [7, 11) is 0. The summed E-state index contributed by atoms with van der Waals surface area (Å²) in [5.74, 6) is 0.496. The van der Waals surface area contributed by atoms with Crippen molar-refractivity contribution >= 4 is 5.91 Å². The third-order valence-corrected chi connectivity index (χ3v) is 6.33. The zero-order valence-corrected chi connectivity index (χ0v) is 18.4. The lowest BCUT2D eigenvalue weighted by molar-refractivity contribution is -0.126. The van der Waals surface area contributed by atoms with Crippen LogP contribution in [-0.4, -0.2) is 18.0 Å². The van der Waals surface area contributed by atoms with Crippen molar-refractivity contribution < 1.29 is 4.79 Å². The molecule has 3 heteroatoms. The van der Waals surface area contributed by atoms with Crippen LogP contribution < -0.4 is 11.1 Å². The first-order valence-electron chi connectivity index (χ1n) is 12.2. The molecule has 1 aliphatic rings. The molecule has 0 radical (unpaired) electrons. The highest BCUT2D eigenvalue weighted by Gasteiger charge is 2.26. The Labute approximate surface area is 169 Å². The Bertz CT molecular complexity index is 358. The van der Waals surface area contributed by atoms with Gasteiger partial charge in [-0.25, -0.2) is 0 Å². The lowest BCUT2D eigenvalue weighted by Gasteiger charge is -2.31. The largest absolute Gasteiger partial charge is 0.352 e. The van der Waals surface area contributed by atoms with Gasteiger partial charge >= 0.3 is 0 Å². The van der Waals surface area contributed by atoms with Crippen LogP contribution in [0.4, 0.5) is 0 Å². The van der Waals surface area contributed by atoms with Gasteiger partial charge < -0.3 is 11.1 Å². The summed E-state index contributed by atoms with van der Waals surface area (Å²) in [4.78, 5) is 12.9. The summed E-state index contributed by atoms with van der Waals surface area (Å²) in [6.45, 7) is 4.52. The smallest absolute Gasteiger partial charge is 0.223 e. The molecular formula is C24H48N2O. The summed E-state index contributed by atoms with van der Waals surface area (Å²) in [6.07, 6.45) is 22.3. The number of amides is 1. The van der Waals surface area contributed by atoms with E-state index in [1.165, 1.54) is 89.9 Å². The zero-order chi connectivity index (χ0) is 19.7. The van der Waals surface area contributed by atoms with Gasteiger partial charge in [0.2, 0.25) is 5.91 Å². The molecule has 1 saturated carbocycles. The fourth-order valence-electron chi connectivity index (χ4n) is 4.39. The molecule has 160 valence electrons. The summed E-state index contributed by atoms with van der Waals surface area (Å²) in [5, 5.41) is 3.33. The van der Waals surface area contributed by atoms with E-state index in [1.807, 2.05) is 0 Å². The van der Waals surface area contributed by atoms with Crippen molar-refractivity contribution in [3.8, 4) is 0 Å². The van der Waals surface area contributed by atoms with Crippen LogP contribution in [0.3, 0.4) is 0 Å². The normalized spacial score (nSPS) is 21.1. The molecular weight excluding hydrogens is 332 g/mol. The Morgan fingerprint density at radius 2 is 1.30 bits per heavy atom. The van der Waals surface area contributed by atoms with E-state index in [1.54, 1.807) is 0 Å². The minimum Gasteiger partial charge on any atom is -0.352 e. The molecule has 1 amide bonds. The highest BCUT2D eigenvalue weighted by molar-refractivity contribution is 5.79. The molecule has 0 aromatic rings. The second-order valence-electron chi connectivity index (χ2n) is 8.87. The maximum atomic E-state index is 12.9. The summed E-state index contributed by atoms with van der Waals surface area (Å²) in [5.41, 5.74) is 6.25. The van der Waals surface area contributed by atoms with Gasteiger partial charge in [-0.05, 0) is 25.7 Å². The van der Waals surface area contributed by atoms with Crippen molar-refractivity contribution in [3.05, 3.63) is 0 Å². The molecule has 27 heavy (non-hydrogen) atoms. The van der Waals surface area contributed by atoms with Gasteiger partial charge in [-0.1, -0.05) is 104 Å². The van der Waals surface area contributed by atoms with Gasteiger partial charge in [0.25, 0.3) is 0 Å². The number of carbonyl (C=O) groups is 1. The van der Waals surface area contributed by atoms with Crippen molar-refractivity contribution in [3.63, 3.8) is 0 Å². The van der Waals surface area contributed by atoms with Gasteiger partial charge in [0.05, 0.1) is 0 Å². The highest BCUT2D eigenvalue weighted by atomic mass is 16.1. The van der Waals surface area contributed by atoms with Gasteiger partial charge in [0.15, 0.2) is 0 Å². The average Bonchev–Trinajstić information content (AvgIpc) is 2.67. The molecule has 1 unspecified atom stereocenters. The van der Waals surface area contributed by atoms with Crippen LogP contribution in [-0.2, 0) is 4.79 Å².